The number of alkyl halides is 3. The van der Waals surface area contributed by atoms with Crippen LogP contribution in [0.25, 0.3) is 16.8 Å². The van der Waals surface area contributed by atoms with Gasteiger partial charge in [0.05, 0.1) is 16.3 Å². The van der Waals surface area contributed by atoms with Crippen LogP contribution in [-0.2, 0) is 6.18 Å². The van der Waals surface area contributed by atoms with Gasteiger partial charge >= 0.3 is 6.18 Å². The number of aryl methyl sites for hydroxylation is 1. The summed E-state index contributed by atoms with van der Waals surface area (Å²) in [6.45, 7) is 1.78. The molecule has 0 aliphatic heterocycles. The van der Waals surface area contributed by atoms with Crippen LogP contribution < -0.4 is 5.73 Å². The standard InChI is InChI=1S/C17H12ClF4N3/c1-9-4-2-5-10(8-9)25-16(23)14(15(24-25)17(20,21)22)13-11(18)6-3-7-12(13)19/h2-8H,23H2,1H3. The first-order valence-electron chi connectivity index (χ1n) is 7.17. The summed E-state index contributed by atoms with van der Waals surface area (Å²) in [7, 11) is 0. The van der Waals surface area contributed by atoms with E-state index in [1.807, 2.05) is 0 Å². The average Bonchev–Trinajstić information content (AvgIpc) is 2.85. The number of nitrogens with two attached hydrogens (primary N) is 1. The number of anilines is 1. The lowest BCUT2D eigenvalue weighted by molar-refractivity contribution is -0.140. The molecule has 1 heterocycles. The summed E-state index contributed by atoms with van der Waals surface area (Å²) in [6, 6.07) is 10.2. The highest BCUT2D eigenvalue weighted by atomic mass is 35.5. The third-order valence-electron chi connectivity index (χ3n) is 3.65. The third kappa shape index (κ3) is 3.07. The Bertz CT molecular complexity index is 927. The number of aromatic nitrogens is 2. The molecule has 0 radical (unpaired) electrons. The van der Waals surface area contributed by atoms with Crippen LogP contribution in [0.1, 0.15) is 11.3 Å². The Morgan fingerprint density at radius 2 is 1.76 bits per heavy atom. The normalized spacial score (nSPS) is 11.8. The lowest BCUT2D eigenvalue weighted by Gasteiger charge is -2.09. The first kappa shape index (κ1) is 17.3. The van der Waals surface area contributed by atoms with Crippen molar-refractivity contribution in [3.8, 4) is 16.8 Å². The summed E-state index contributed by atoms with van der Waals surface area (Å²) in [5, 5.41) is 3.41. The molecule has 2 aromatic carbocycles. The van der Waals surface area contributed by atoms with E-state index in [9.17, 15) is 17.6 Å². The first-order valence-corrected chi connectivity index (χ1v) is 7.55. The molecule has 0 aliphatic carbocycles. The highest BCUT2D eigenvalue weighted by Crippen LogP contribution is 2.43. The SMILES string of the molecule is Cc1cccc(-n2nc(C(F)(F)F)c(-c3c(F)cccc3Cl)c2N)c1. The fourth-order valence-electron chi connectivity index (χ4n) is 2.57. The van der Waals surface area contributed by atoms with Gasteiger partial charge in [-0.05, 0) is 36.8 Å². The van der Waals surface area contributed by atoms with Crippen molar-refractivity contribution in [2.75, 3.05) is 5.73 Å². The van der Waals surface area contributed by atoms with Crippen LogP contribution in [0, 0.1) is 12.7 Å². The zero-order valence-corrected chi connectivity index (χ0v) is 13.7. The minimum Gasteiger partial charge on any atom is -0.383 e. The van der Waals surface area contributed by atoms with Gasteiger partial charge in [0.2, 0.25) is 0 Å². The van der Waals surface area contributed by atoms with E-state index in [-0.39, 0.29) is 10.8 Å². The van der Waals surface area contributed by atoms with Gasteiger partial charge < -0.3 is 5.73 Å². The Morgan fingerprint density at radius 3 is 2.36 bits per heavy atom. The van der Waals surface area contributed by atoms with Crippen LogP contribution in [0.5, 0.6) is 0 Å². The van der Waals surface area contributed by atoms with Crippen LogP contribution in [0.3, 0.4) is 0 Å². The van der Waals surface area contributed by atoms with Crippen molar-refractivity contribution in [3.05, 3.63) is 64.6 Å². The number of benzene rings is 2. The molecule has 0 fully saturated rings. The minimum absolute atomic E-state index is 0.180. The molecular weight excluding hydrogens is 358 g/mol. The van der Waals surface area contributed by atoms with E-state index in [1.54, 1.807) is 31.2 Å². The van der Waals surface area contributed by atoms with Crippen LogP contribution in [0.15, 0.2) is 42.5 Å². The molecule has 3 aromatic rings. The molecule has 0 unspecified atom stereocenters. The molecule has 3 rings (SSSR count). The van der Waals surface area contributed by atoms with Gasteiger partial charge in [0.25, 0.3) is 0 Å². The predicted molar refractivity (Wildman–Crippen MR) is 88.1 cm³/mol. The molecule has 0 atom stereocenters. The van der Waals surface area contributed by atoms with Crippen LogP contribution in [0.4, 0.5) is 23.4 Å². The Hall–Kier alpha value is -2.54. The van der Waals surface area contributed by atoms with E-state index in [2.05, 4.69) is 5.10 Å². The highest BCUT2D eigenvalue weighted by Gasteiger charge is 2.40. The zero-order chi connectivity index (χ0) is 18.4. The van der Waals surface area contributed by atoms with Gasteiger partial charge in [-0.1, -0.05) is 29.8 Å². The molecule has 0 amide bonds. The third-order valence-corrected chi connectivity index (χ3v) is 3.96. The van der Waals surface area contributed by atoms with Gasteiger partial charge in [0.15, 0.2) is 5.69 Å². The maximum atomic E-state index is 14.2. The van der Waals surface area contributed by atoms with Gasteiger partial charge in [0, 0.05) is 5.56 Å². The van der Waals surface area contributed by atoms with E-state index in [4.69, 9.17) is 17.3 Å². The molecular formula is C17H12ClF4N3. The largest absolute Gasteiger partial charge is 0.435 e. The monoisotopic (exact) mass is 369 g/mol. The van der Waals surface area contributed by atoms with Crippen LogP contribution in [0.2, 0.25) is 5.02 Å². The number of nitrogen functional groups attached to an aromatic ring is 1. The predicted octanol–water partition coefficient (Wildman–Crippen LogP) is 5.24. The molecule has 2 N–H and O–H groups in total. The Kier molecular flexibility index (Phi) is 4.20. The van der Waals surface area contributed by atoms with E-state index in [1.165, 1.54) is 12.1 Å². The summed E-state index contributed by atoms with van der Waals surface area (Å²) in [5.41, 5.74) is 4.79. The van der Waals surface area contributed by atoms with Crippen molar-refractivity contribution in [2.24, 2.45) is 0 Å². The van der Waals surface area contributed by atoms with Gasteiger partial charge in [-0.2, -0.15) is 18.3 Å². The molecule has 0 saturated heterocycles. The summed E-state index contributed by atoms with van der Waals surface area (Å²) in [5.74, 6) is -1.25. The highest BCUT2D eigenvalue weighted by molar-refractivity contribution is 6.33. The van der Waals surface area contributed by atoms with Gasteiger partial charge in [-0.3, -0.25) is 0 Å². The van der Waals surface area contributed by atoms with E-state index >= 15 is 0 Å². The Labute approximate surface area is 145 Å². The second-order valence-electron chi connectivity index (χ2n) is 5.45. The summed E-state index contributed by atoms with van der Waals surface area (Å²) >= 11 is 5.94. The van der Waals surface area contributed by atoms with Crippen molar-refractivity contribution < 1.29 is 17.6 Å². The average molecular weight is 370 g/mol. The molecule has 130 valence electrons. The molecule has 8 heteroatoms. The summed E-state index contributed by atoms with van der Waals surface area (Å²) in [6.07, 6.45) is -4.83. The van der Waals surface area contributed by atoms with E-state index in [0.717, 1.165) is 16.3 Å². The van der Waals surface area contributed by atoms with E-state index in [0.29, 0.717) is 5.69 Å². The number of hydrogen-bond donors (Lipinski definition) is 1. The molecule has 0 saturated carbocycles. The maximum Gasteiger partial charge on any atom is 0.435 e. The van der Waals surface area contributed by atoms with Crippen LogP contribution >= 0.6 is 11.6 Å². The van der Waals surface area contributed by atoms with Crippen molar-refractivity contribution >= 4 is 17.4 Å². The lowest BCUT2D eigenvalue weighted by Crippen LogP contribution is -2.09. The number of hydrogen-bond acceptors (Lipinski definition) is 2. The van der Waals surface area contributed by atoms with Gasteiger partial charge in [-0.15, -0.1) is 0 Å². The molecule has 3 nitrogen and oxygen atoms in total. The first-order chi connectivity index (χ1) is 11.7. The van der Waals surface area contributed by atoms with Crippen molar-refractivity contribution in [1.29, 1.82) is 0 Å². The van der Waals surface area contributed by atoms with Crippen molar-refractivity contribution in [2.45, 2.75) is 13.1 Å². The fraction of sp³-hybridized carbons (Fsp3) is 0.118. The molecule has 1 aromatic heterocycles. The number of halogens is 5. The smallest absolute Gasteiger partial charge is 0.383 e. The molecule has 0 aliphatic rings. The fourth-order valence-corrected chi connectivity index (χ4v) is 2.83. The Morgan fingerprint density at radius 1 is 1.08 bits per heavy atom. The van der Waals surface area contributed by atoms with Crippen molar-refractivity contribution in [3.63, 3.8) is 0 Å². The number of rotatable bonds is 2. The van der Waals surface area contributed by atoms with Crippen LogP contribution in [-0.4, -0.2) is 9.78 Å². The summed E-state index contributed by atoms with van der Waals surface area (Å²) in [4.78, 5) is 0. The van der Waals surface area contributed by atoms with Crippen molar-refractivity contribution in [1.82, 2.24) is 9.78 Å². The molecule has 25 heavy (non-hydrogen) atoms. The lowest BCUT2D eigenvalue weighted by atomic mass is 10.0. The quantitative estimate of drug-likeness (QED) is 0.628. The van der Waals surface area contributed by atoms with E-state index < -0.39 is 28.8 Å². The maximum absolute atomic E-state index is 14.2. The summed E-state index contributed by atoms with van der Waals surface area (Å²) < 4.78 is 55.6. The van der Waals surface area contributed by atoms with Gasteiger partial charge in [0.1, 0.15) is 11.6 Å². The second kappa shape index (κ2) is 6.07. The molecule has 0 bridgehead atoms. The second-order valence-corrected chi connectivity index (χ2v) is 5.86. The van der Waals surface area contributed by atoms with Gasteiger partial charge in [-0.25, -0.2) is 9.07 Å². The topological polar surface area (TPSA) is 43.8 Å². The zero-order valence-electron chi connectivity index (χ0n) is 12.9. The minimum atomic E-state index is -4.83. The molecule has 0 spiro atoms. The Balaban J connectivity index is 2.35. The number of nitrogens with zero attached hydrogens (tertiary/aromatic N) is 2.